The van der Waals surface area contributed by atoms with Gasteiger partial charge >= 0.3 is 0 Å². The number of nitrogens with zero attached hydrogens (tertiary/aromatic N) is 2. The quantitative estimate of drug-likeness (QED) is 0.247. The number of halogens is 1. The lowest BCUT2D eigenvalue weighted by atomic mass is 10.0. The maximum absolute atomic E-state index is 12.5. The minimum Gasteiger partial charge on any atom is -0.383 e. The van der Waals surface area contributed by atoms with Crippen LogP contribution >= 0.6 is 34.7 Å². The molecule has 0 aliphatic carbocycles. The van der Waals surface area contributed by atoms with Crippen molar-refractivity contribution in [1.82, 2.24) is 9.97 Å². The summed E-state index contributed by atoms with van der Waals surface area (Å²) in [6.07, 6.45) is 0.979. The minimum absolute atomic E-state index is 0.0135. The topological polar surface area (TPSA) is 73.3 Å². The van der Waals surface area contributed by atoms with E-state index in [1.54, 1.807) is 40.5 Å². The summed E-state index contributed by atoms with van der Waals surface area (Å²) in [5, 5.41) is 2.16. The molecule has 4 aromatic rings. The highest BCUT2D eigenvalue weighted by molar-refractivity contribution is 7.99. The van der Waals surface area contributed by atoms with Crippen molar-refractivity contribution >= 4 is 56.5 Å². The monoisotopic (exact) mass is 481 g/mol. The van der Waals surface area contributed by atoms with E-state index in [0.29, 0.717) is 21.6 Å². The molecule has 1 aliphatic heterocycles. The molecule has 0 saturated carbocycles. The van der Waals surface area contributed by atoms with Crippen LogP contribution in [0.25, 0.3) is 10.2 Å². The number of Topliss-reactive ketones (excluding diaryl/α,β-unsaturated/α-hetero) is 1. The maximum atomic E-state index is 12.5. The second-order valence-electron chi connectivity index (χ2n) is 7.88. The van der Waals surface area contributed by atoms with Crippen molar-refractivity contribution in [2.75, 3.05) is 18.0 Å². The van der Waals surface area contributed by atoms with Crippen LogP contribution < -0.4 is 10.6 Å². The molecule has 162 valence electrons. The molecule has 3 heterocycles. The lowest BCUT2D eigenvalue weighted by Crippen LogP contribution is -3.10. The van der Waals surface area contributed by atoms with E-state index in [0.717, 1.165) is 36.3 Å². The van der Waals surface area contributed by atoms with Crippen molar-refractivity contribution in [1.29, 1.82) is 0 Å². The van der Waals surface area contributed by atoms with Gasteiger partial charge < -0.3 is 10.6 Å². The lowest BCUT2D eigenvalue weighted by molar-refractivity contribution is -0.929. The number of nitrogen functional groups attached to an aromatic ring is 1. The van der Waals surface area contributed by atoms with E-state index in [-0.39, 0.29) is 11.5 Å². The van der Waals surface area contributed by atoms with Gasteiger partial charge in [-0.2, -0.15) is 0 Å². The van der Waals surface area contributed by atoms with Gasteiger partial charge in [-0.1, -0.05) is 53.7 Å². The number of hydrogen-bond acceptors (Lipinski definition) is 6. The Bertz CT molecular complexity index is 1270. The molecular weight excluding hydrogens is 460 g/mol. The van der Waals surface area contributed by atoms with E-state index in [9.17, 15) is 4.79 Å². The van der Waals surface area contributed by atoms with Crippen molar-refractivity contribution in [3.63, 3.8) is 0 Å². The number of rotatable bonds is 6. The number of aromatic nitrogens is 2. The molecule has 0 fully saturated rings. The zero-order valence-electron chi connectivity index (χ0n) is 17.3. The van der Waals surface area contributed by atoms with Crippen LogP contribution in [0.2, 0.25) is 5.02 Å². The van der Waals surface area contributed by atoms with E-state index >= 15 is 0 Å². The number of nitrogens with one attached hydrogen (secondary N) is 1. The molecule has 32 heavy (non-hydrogen) atoms. The highest BCUT2D eigenvalue weighted by Crippen LogP contribution is 2.35. The van der Waals surface area contributed by atoms with Crippen LogP contribution in [0.4, 0.5) is 5.82 Å². The van der Waals surface area contributed by atoms with Crippen LogP contribution in [0.3, 0.4) is 0 Å². The molecule has 1 aliphatic rings. The van der Waals surface area contributed by atoms with E-state index < -0.39 is 0 Å². The Hall–Kier alpha value is -2.45. The fourth-order valence-corrected chi connectivity index (χ4v) is 6.31. The zero-order valence-corrected chi connectivity index (χ0v) is 19.7. The number of quaternary nitrogens is 1. The highest BCUT2D eigenvalue weighted by Gasteiger charge is 2.26. The first-order valence-corrected chi connectivity index (χ1v) is 12.6. The number of thiophene rings is 1. The van der Waals surface area contributed by atoms with Gasteiger partial charge in [0.15, 0.2) is 10.9 Å². The van der Waals surface area contributed by atoms with Gasteiger partial charge in [-0.25, -0.2) is 9.97 Å². The Morgan fingerprint density at radius 3 is 2.69 bits per heavy atom. The summed E-state index contributed by atoms with van der Waals surface area (Å²) in [6, 6.07) is 17.5. The van der Waals surface area contributed by atoms with Gasteiger partial charge in [0.05, 0.1) is 22.6 Å². The van der Waals surface area contributed by atoms with E-state index in [4.69, 9.17) is 22.3 Å². The average molecular weight is 482 g/mol. The first-order valence-electron chi connectivity index (χ1n) is 10.4. The van der Waals surface area contributed by atoms with E-state index in [1.165, 1.54) is 27.8 Å². The van der Waals surface area contributed by atoms with Gasteiger partial charge in [0.25, 0.3) is 0 Å². The van der Waals surface area contributed by atoms with Gasteiger partial charge in [0, 0.05) is 22.6 Å². The number of hydrogen-bond donors (Lipinski definition) is 2. The number of nitrogens with two attached hydrogens (primary N) is 1. The summed E-state index contributed by atoms with van der Waals surface area (Å²) in [5.74, 6) is 0.784. The van der Waals surface area contributed by atoms with Crippen LogP contribution in [0.5, 0.6) is 0 Å². The Kier molecular flexibility index (Phi) is 6.15. The molecule has 2 aromatic heterocycles. The Balaban J connectivity index is 1.32. The van der Waals surface area contributed by atoms with Crippen LogP contribution in [0.1, 0.15) is 26.4 Å². The molecule has 0 amide bonds. The smallest absolute Gasteiger partial charge is 0.191 e. The van der Waals surface area contributed by atoms with Crippen LogP contribution in [0, 0.1) is 0 Å². The number of anilines is 1. The van der Waals surface area contributed by atoms with Gasteiger partial charge in [0.1, 0.15) is 23.7 Å². The third-order valence-corrected chi connectivity index (χ3v) is 7.90. The summed E-state index contributed by atoms with van der Waals surface area (Å²) >= 11 is 8.94. The number of carbonyl (C=O) groups is 1. The van der Waals surface area contributed by atoms with Gasteiger partial charge in [-0.3, -0.25) is 4.79 Å². The van der Waals surface area contributed by atoms with E-state index in [2.05, 4.69) is 35.3 Å². The van der Waals surface area contributed by atoms with Gasteiger partial charge in [-0.05, 0) is 29.8 Å². The summed E-state index contributed by atoms with van der Waals surface area (Å²) in [4.78, 5) is 25.5. The number of benzene rings is 2. The maximum Gasteiger partial charge on any atom is 0.191 e. The molecule has 0 saturated heterocycles. The summed E-state index contributed by atoms with van der Waals surface area (Å²) < 4.78 is 0. The second-order valence-corrected chi connectivity index (χ2v) is 10.3. The molecule has 0 bridgehead atoms. The lowest BCUT2D eigenvalue weighted by Gasteiger charge is -2.24. The first kappa shape index (κ1) is 21.4. The van der Waals surface area contributed by atoms with Gasteiger partial charge in [-0.15, -0.1) is 11.3 Å². The average Bonchev–Trinajstić information content (AvgIpc) is 3.16. The first-order chi connectivity index (χ1) is 15.6. The molecule has 2 aromatic carbocycles. The molecular formula is C24H22ClN4OS2+. The molecule has 8 heteroatoms. The van der Waals surface area contributed by atoms with Crippen molar-refractivity contribution < 1.29 is 9.69 Å². The van der Waals surface area contributed by atoms with E-state index in [1.807, 2.05) is 0 Å². The Morgan fingerprint density at radius 2 is 1.91 bits per heavy atom. The molecule has 5 nitrogen and oxygen atoms in total. The minimum atomic E-state index is 0.0135. The summed E-state index contributed by atoms with van der Waals surface area (Å²) in [7, 11) is 0. The predicted octanol–water partition coefficient (Wildman–Crippen LogP) is 4.04. The number of thioether (sulfide) groups is 1. The number of fused-ring (bicyclic) bond motifs is 3. The molecule has 1 atom stereocenters. The van der Waals surface area contributed by atoms with Crippen molar-refractivity contribution in [2.24, 2.45) is 0 Å². The highest BCUT2D eigenvalue weighted by atomic mass is 35.5. The van der Waals surface area contributed by atoms with Gasteiger partial charge in [0.2, 0.25) is 0 Å². The third kappa shape index (κ3) is 4.52. The number of carbonyl (C=O) groups excluding carboxylic acids is 1. The normalized spacial score (nSPS) is 15.6. The molecule has 0 radical (unpaired) electrons. The standard InChI is InChI=1S/C24H21ClN4OS2/c25-17-8-6-16(7-9-17)19(30)14-31-24-27-22(26)21-18-10-11-29(12-15-4-2-1-3-5-15)13-20(18)32-23(21)28-24/h1-9H,10-14H2,(H2,26,27,28)/p+1. The number of ketones is 1. The Labute approximate surface area is 199 Å². The van der Waals surface area contributed by atoms with Crippen LogP contribution in [0.15, 0.2) is 59.8 Å². The molecule has 3 N–H and O–H groups in total. The summed E-state index contributed by atoms with van der Waals surface area (Å²) in [5.41, 5.74) is 9.64. The molecule has 1 unspecified atom stereocenters. The largest absolute Gasteiger partial charge is 0.383 e. The van der Waals surface area contributed by atoms with Crippen molar-refractivity contribution in [3.05, 3.63) is 81.2 Å². The van der Waals surface area contributed by atoms with Crippen LogP contribution in [-0.2, 0) is 19.5 Å². The van der Waals surface area contributed by atoms with Crippen LogP contribution in [-0.4, -0.2) is 28.0 Å². The second kappa shape index (κ2) is 9.19. The Morgan fingerprint density at radius 1 is 1.12 bits per heavy atom. The molecule has 5 rings (SSSR count). The zero-order chi connectivity index (χ0) is 22.1. The fraction of sp³-hybridized carbons (Fsp3) is 0.208. The van der Waals surface area contributed by atoms with Crippen molar-refractivity contribution in [2.45, 2.75) is 24.7 Å². The molecule has 0 spiro atoms. The predicted molar refractivity (Wildman–Crippen MR) is 132 cm³/mol. The SMILES string of the molecule is Nc1nc(SCC(=O)c2ccc(Cl)cc2)nc2sc3c(c12)CC[NH+](Cc1ccccc1)C3. The fourth-order valence-electron chi connectivity index (χ4n) is 4.09. The summed E-state index contributed by atoms with van der Waals surface area (Å²) in [6.45, 7) is 3.06. The van der Waals surface area contributed by atoms with Crippen molar-refractivity contribution in [3.8, 4) is 0 Å². The third-order valence-electron chi connectivity index (χ3n) is 5.68.